The highest BCUT2D eigenvalue weighted by molar-refractivity contribution is 6.00. The maximum absolute atomic E-state index is 12.0. The number of rotatable bonds is 7. The standard InChI is InChI=1S/C13H20N2O4/c1-4-9-15-10(7-8-14-15)11(12(16)18-5-2)13(17)19-6-3/h7-8,11H,4-6,9H2,1-3H3. The molecule has 1 rings (SSSR count). The highest BCUT2D eigenvalue weighted by atomic mass is 16.6. The highest BCUT2D eigenvalue weighted by Crippen LogP contribution is 2.19. The van der Waals surface area contributed by atoms with E-state index in [0.29, 0.717) is 12.2 Å². The van der Waals surface area contributed by atoms with Crippen molar-refractivity contribution >= 4 is 11.9 Å². The van der Waals surface area contributed by atoms with Crippen LogP contribution in [0.5, 0.6) is 0 Å². The van der Waals surface area contributed by atoms with Crippen LogP contribution >= 0.6 is 0 Å². The van der Waals surface area contributed by atoms with Crippen LogP contribution < -0.4 is 0 Å². The Balaban J connectivity index is 3.04. The molecule has 6 nitrogen and oxygen atoms in total. The minimum absolute atomic E-state index is 0.219. The number of hydrogen-bond donors (Lipinski definition) is 0. The minimum Gasteiger partial charge on any atom is -0.465 e. The van der Waals surface area contributed by atoms with Crippen molar-refractivity contribution in [2.45, 2.75) is 39.7 Å². The third-order valence-corrected chi connectivity index (χ3v) is 2.53. The summed E-state index contributed by atoms with van der Waals surface area (Å²) in [6.45, 7) is 6.47. The molecule has 0 saturated heterocycles. The lowest BCUT2D eigenvalue weighted by molar-refractivity contribution is -0.157. The molecule has 0 spiro atoms. The number of aryl methyl sites for hydroxylation is 1. The van der Waals surface area contributed by atoms with Crippen LogP contribution in [-0.2, 0) is 25.6 Å². The van der Waals surface area contributed by atoms with Gasteiger partial charge in [-0.15, -0.1) is 0 Å². The lowest BCUT2D eigenvalue weighted by Crippen LogP contribution is -2.28. The van der Waals surface area contributed by atoms with E-state index in [9.17, 15) is 9.59 Å². The second-order valence-corrected chi connectivity index (χ2v) is 3.92. The number of hydrogen-bond acceptors (Lipinski definition) is 5. The molecule has 0 atom stereocenters. The average molecular weight is 268 g/mol. The van der Waals surface area contributed by atoms with Crippen molar-refractivity contribution in [1.82, 2.24) is 9.78 Å². The summed E-state index contributed by atoms with van der Waals surface area (Å²) in [5.41, 5.74) is 0.513. The minimum atomic E-state index is -1.06. The first-order valence-electron chi connectivity index (χ1n) is 6.50. The second kappa shape index (κ2) is 7.56. The van der Waals surface area contributed by atoms with Gasteiger partial charge in [-0.25, -0.2) is 0 Å². The molecule has 6 heteroatoms. The lowest BCUT2D eigenvalue weighted by Gasteiger charge is -2.15. The van der Waals surface area contributed by atoms with Gasteiger partial charge in [0.05, 0.1) is 18.9 Å². The van der Waals surface area contributed by atoms with Gasteiger partial charge in [-0.3, -0.25) is 14.3 Å². The Hall–Kier alpha value is -1.85. The molecule has 0 N–H and O–H groups in total. The second-order valence-electron chi connectivity index (χ2n) is 3.92. The smallest absolute Gasteiger partial charge is 0.326 e. The molecule has 0 fully saturated rings. The maximum atomic E-state index is 12.0. The fourth-order valence-electron chi connectivity index (χ4n) is 1.78. The van der Waals surface area contributed by atoms with E-state index < -0.39 is 17.9 Å². The molecule has 0 aliphatic carbocycles. The molecule has 0 unspecified atom stereocenters. The molecule has 19 heavy (non-hydrogen) atoms. The van der Waals surface area contributed by atoms with Crippen molar-refractivity contribution < 1.29 is 19.1 Å². The Morgan fingerprint density at radius 1 is 1.21 bits per heavy atom. The van der Waals surface area contributed by atoms with Crippen LogP contribution in [0.25, 0.3) is 0 Å². The number of ether oxygens (including phenoxy) is 2. The molecule has 0 aliphatic heterocycles. The molecule has 0 amide bonds. The van der Waals surface area contributed by atoms with Crippen molar-refractivity contribution in [3.05, 3.63) is 18.0 Å². The van der Waals surface area contributed by atoms with Gasteiger partial charge in [0, 0.05) is 12.7 Å². The van der Waals surface area contributed by atoms with Crippen LogP contribution in [0.1, 0.15) is 38.8 Å². The molecule has 0 bridgehead atoms. The van der Waals surface area contributed by atoms with E-state index in [1.807, 2.05) is 6.92 Å². The summed E-state index contributed by atoms with van der Waals surface area (Å²) in [6.07, 6.45) is 2.42. The Bertz CT molecular complexity index is 410. The molecule has 1 aromatic heterocycles. The topological polar surface area (TPSA) is 70.4 Å². The average Bonchev–Trinajstić information content (AvgIpc) is 2.79. The van der Waals surface area contributed by atoms with E-state index >= 15 is 0 Å². The summed E-state index contributed by atoms with van der Waals surface area (Å²) in [6, 6.07) is 1.65. The summed E-state index contributed by atoms with van der Waals surface area (Å²) >= 11 is 0. The van der Waals surface area contributed by atoms with Crippen LogP contribution in [0, 0.1) is 0 Å². The monoisotopic (exact) mass is 268 g/mol. The van der Waals surface area contributed by atoms with E-state index in [2.05, 4.69) is 5.10 Å². The Morgan fingerprint density at radius 3 is 2.26 bits per heavy atom. The number of nitrogens with zero attached hydrogens (tertiary/aromatic N) is 2. The zero-order valence-electron chi connectivity index (χ0n) is 11.6. The summed E-state index contributed by atoms with van der Waals surface area (Å²) in [5, 5.41) is 4.11. The SMILES string of the molecule is CCCn1nccc1C(C(=O)OCC)C(=O)OCC. The molecule has 0 aromatic carbocycles. The van der Waals surface area contributed by atoms with Crippen LogP contribution in [0.2, 0.25) is 0 Å². The van der Waals surface area contributed by atoms with Gasteiger partial charge in [-0.2, -0.15) is 5.10 Å². The Morgan fingerprint density at radius 2 is 1.79 bits per heavy atom. The largest absolute Gasteiger partial charge is 0.465 e. The van der Waals surface area contributed by atoms with E-state index in [1.54, 1.807) is 30.8 Å². The summed E-state index contributed by atoms with van der Waals surface area (Å²) in [7, 11) is 0. The number of carbonyl (C=O) groups excluding carboxylic acids is 2. The first kappa shape index (κ1) is 15.2. The van der Waals surface area contributed by atoms with Crippen LogP contribution in [0.4, 0.5) is 0 Å². The van der Waals surface area contributed by atoms with Gasteiger partial charge < -0.3 is 9.47 Å². The first-order chi connectivity index (χ1) is 9.15. The quantitative estimate of drug-likeness (QED) is 0.553. The van der Waals surface area contributed by atoms with Crippen LogP contribution in [0.15, 0.2) is 12.3 Å². The predicted octanol–water partition coefficient (Wildman–Crippen LogP) is 1.50. The molecule has 0 saturated carbocycles. The fourth-order valence-corrected chi connectivity index (χ4v) is 1.78. The molecular formula is C13H20N2O4. The molecule has 0 aliphatic rings. The van der Waals surface area contributed by atoms with Gasteiger partial charge in [-0.05, 0) is 26.3 Å². The fraction of sp³-hybridized carbons (Fsp3) is 0.615. The molecular weight excluding hydrogens is 248 g/mol. The van der Waals surface area contributed by atoms with Crippen molar-refractivity contribution in [1.29, 1.82) is 0 Å². The van der Waals surface area contributed by atoms with Gasteiger partial charge in [0.15, 0.2) is 5.92 Å². The van der Waals surface area contributed by atoms with Crippen molar-refractivity contribution in [2.24, 2.45) is 0 Å². The zero-order valence-corrected chi connectivity index (χ0v) is 11.6. The van der Waals surface area contributed by atoms with Crippen LogP contribution in [-0.4, -0.2) is 34.9 Å². The van der Waals surface area contributed by atoms with E-state index in [0.717, 1.165) is 6.42 Å². The Labute approximate surface area is 112 Å². The third kappa shape index (κ3) is 3.81. The lowest BCUT2D eigenvalue weighted by atomic mass is 10.1. The van der Waals surface area contributed by atoms with Crippen molar-refractivity contribution in [3.63, 3.8) is 0 Å². The molecule has 1 heterocycles. The summed E-state index contributed by atoms with van der Waals surface area (Å²) < 4.78 is 11.5. The molecule has 106 valence electrons. The summed E-state index contributed by atoms with van der Waals surface area (Å²) in [4.78, 5) is 23.9. The van der Waals surface area contributed by atoms with Gasteiger partial charge in [-0.1, -0.05) is 6.92 Å². The molecule has 1 aromatic rings. The highest BCUT2D eigenvalue weighted by Gasteiger charge is 2.34. The zero-order chi connectivity index (χ0) is 14.3. The number of aromatic nitrogens is 2. The van der Waals surface area contributed by atoms with Gasteiger partial charge in [0.2, 0.25) is 0 Å². The van der Waals surface area contributed by atoms with Crippen molar-refractivity contribution in [3.8, 4) is 0 Å². The Kier molecular flexibility index (Phi) is 6.05. The normalized spacial score (nSPS) is 10.5. The predicted molar refractivity (Wildman–Crippen MR) is 68.5 cm³/mol. The maximum Gasteiger partial charge on any atom is 0.326 e. The number of esters is 2. The first-order valence-corrected chi connectivity index (χ1v) is 6.50. The van der Waals surface area contributed by atoms with E-state index in [-0.39, 0.29) is 13.2 Å². The van der Waals surface area contributed by atoms with Crippen LogP contribution in [0.3, 0.4) is 0 Å². The number of carbonyl (C=O) groups is 2. The third-order valence-electron chi connectivity index (χ3n) is 2.53. The van der Waals surface area contributed by atoms with Gasteiger partial charge >= 0.3 is 11.9 Å². The van der Waals surface area contributed by atoms with Crippen molar-refractivity contribution in [2.75, 3.05) is 13.2 Å². The molecule has 0 radical (unpaired) electrons. The van der Waals surface area contributed by atoms with Gasteiger partial charge in [0.25, 0.3) is 0 Å². The van der Waals surface area contributed by atoms with E-state index in [4.69, 9.17) is 9.47 Å². The van der Waals surface area contributed by atoms with E-state index in [1.165, 1.54) is 0 Å². The summed E-state index contributed by atoms with van der Waals surface area (Å²) in [5.74, 6) is -2.26. The van der Waals surface area contributed by atoms with Gasteiger partial charge in [0.1, 0.15) is 0 Å².